The fourth-order valence-electron chi connectivity index (χ4n) is 1.87. The predicted molar refractivity (Wildman–Crippen MR) is 69.2 cm³/mol. The Bertz CT molecular complexity index is 210. The maximum absolute atomic E-state index is 11.7. The second-order valence-corrected chi connectivity index (χ2v) is 5.22. The van der Waals surface area contributed by atoms with E-state index in [0.29, 0.717) is 18.4 Å². The standard InChI is InChI=1S/C12H27N3O2/c1-9(2)6-15(7-10(3)4)11(8-17-5)12(16)14-13/h9-11H,6-8,13H2,1-5H3,(H,14,16). The number of carbonyl (C=O) groups is 1. The summed E-state index contributed by atoms with van der Waals surface area (Å²) in [6, 6.07) is -0.310. The quantitative estimate of drug-likeness (QED) is 0.373. The van der Waals surface area contributed by atoms with Crippen LogP contribution in [-0.2, 0) is 9.53 Å². The molecule has 0 aliphatic heterocycles. The molecule has 0 aliphatic carbocycles. The summed E-state index contributed by atoms with van der Waals surface area (Å²) in [6.45, 7) is 10.6. The number of nitrogens with one attached hydrogen (secondary N) is 1. The maximum atomic E-state index is 11.7. The van der Waals surface area contributed by atoms with Crippen molar-refractivity contribution in [3.05, 3.63) is 0 Å². The topological polar surface area (TPSA) is 67.6 Å². The van der Waals surface area contributed by atoms with Crippen LogP contribution in [-0.4, -0.2) is 43.7 Å². The van der Waals surface area contributed by atoms with E-state index in [-0.39, 0.29) is 11.9 Å². The summed E-state index contributed by atoms with van der Waals surface area (Å²) in [5.74, 6) is 6.03. The Morgan fingerprint density at radius 3 is 2.00 bits per heavy atom. The van der Waals surface area contributed by atoms with Crippen LogP contribution in [0.3, 0.4) is 0 Å². The smallest absolute Gasteiger partial charge is 0.253 e. The van der Waals surface area contributed by atoms with E-state index in [2.05, 4.69) is 38.0 Å². The molecule has 0 aromatic heterocycles. The van der Waals surface area contributed by atoms with Crippen LogP contribution in [0.1, 0.15) is 27.7 Å². The van der Waals surface area contributed by atoms with Crippen molar-refractivity contribution in [2.24, 2.45) is 17.7 Å². The number of carbonyl (C=O) groups excluding carboxylic acids is 1. The summed E-state index contributed by atoms with van der Waals surface area (Å²) in [4.78, 5) is 13.9. The average molecular weight is 245 g/mol. The molecule has 5 heteroatoms. The number of nitrogens with two attached hydrogens (primary N) is 1. The molecule has 0 aromatic rings. The van der Waals surface area contributed by atoms with Gasteiger partial charge in [0.15, 0.2) is 0 Å². The highest BCUT2D eigenvalue weighted by molar-refractivity contribution is 5.81. The molecule has 1 amide bonds. The number of hydrogen-bond donors (Lipinski definition) is 2. The number of ether oxygens (including phenoxy) is 1. The van der Waals surface area contributed by atoms with Crippen LogP contribution in [0.25, 0.3) is 0 Å². The summed E-state index contributed by atoms with van der Waals surface area (Å²) in [5, 5.41) is 0. The van der Waals surface area contributed by atoms with Crippen LogP contribution in [0.2, 0.25) is 0 Å². The molecule has 0 spiro atoms. The van der Waals surface area contributed by atoms with Crippen molar-refractivity contribution in [1.82, 2.24) is 10.3 Å². The van der Waals surface area contributed by atoms with Crippen LogP contribution in [0.15, 0.2) is 0 Å². The van der Waals surface area contributed by atoms with Gasteiger partial charge in [-0.1, -0.05) is 27.7 Å². The van der Waals surface area contributed by atoms with Gasteiger partial charge in [-0.2, -0.15) is 0 Å². The molecule has 0 bridgehead atoms. The third-order valence-electron chi connectivity index (χ3n) is 2.41. The van der Waals surface area contributed by atoms with E-state index in [1.165, 1.54) is 0 Å². The largest absolute Gasteiger partial charge is 0.383 e. The maximum Gasteiger partial charge on any atom is 0.253 e. The van der Waals surface area contributed by atoms with Crippen molar-refractivity contribution in [2.75, 3.05) is 26.8 Å². The van der Waals surface area contributed by atoms with Crippen molar-refractivity contribution < 1.29 is 9.53 Å². The second-order valence-electron chi connectivity index (χ2n) is 5.22. The van der Waals surface area contributed by atoms with Crippen molar-refractivity contribution in [2.45, 2.75) is 33.7 Å². The van der Waals surface area contributed by atoms with Crippen molar-refractivity contribution in [1.29, 1.82) is 0 Å². The fraction of sp³-hybridized carbons (Fsp3) is 0.917. The number of rotatable bonds is 8. The molecule has 1 atom stereocenters. The van der Waals surface area contributed by atoms with E-state index in [9.17, 15) is 4.79 Å². The zero-order valence-corrected chi connectivity index (χ0v) is 11.7. The minimum atomic E-state index is -0.310. The average Bonchev–Trinajstić information content (AvgIpc) is 2.22. The number of hydrazine groups is 1. The van der Waals surface area contributed by atoms with E-state index in [1.54, 1.807) is 7.11 Å². The first kappa shape index (κ1) is 16.4. The number of amides is 1. The molecule has 0 aromatic carbocycles. The minimum Gasteiger partial charge on any atom is -0.383 e. The first-order chi connectivity index (χ1) is 7.92. The van der Waals surface area contributed by atoms with E-state index >= 15 is 0 Å². The molecule has 1 unspecified atom stereocenters. The molecule has 3 N–H and O–H groups in total. The monoisotopic (exact) mass is 245 g/mol. The molecule has 17 heavy (non-hydrogen) atoms. The Morgan fingerprint density at radius 2 is 1.71 bits per heavy atom. The Balaban J connectivity index is 4.72. The minimum absolute atomic E-state index is 0.187. The lowest BCUT2D eigenvalue weighted by molar-refractivity contribution is -0.129. The molecular formula is C12H27N3O2. The van der Waals surface area contributed by atoms with Gasteiger partial charge in [0.1, 0.15) is 6.04 Å². The van der Waals surface area contributed by atoms with E-state index in [1.807, 2.05) is 0 Å². The van der Waals surface area contributed by atoms with E-state index < -0.39 is 0 Å². The first-order valence-corrected chi connectivity index (χ1v) is 6.15. The summed E-state index contributed by atoms with van der Waals surface area (Å²) in [7, 11) is 1.60. The Hall–Kier alpha value is -0.650. The summed E-state index contributed by atoms with van der Waals surface area (Å²) < 4.78 is 5.11. The van der Waals surface area contributed by atoms with Crippen LogP contribution in [0.4, 0.5) is 0 Å². The molecule has 0 radical (unpaired) electrons. The highest BCUT2D eigenvalue weighted by Gasteiger charge is 2.26. The van der Waals surface area contributed by atoms with Gasteiger partial charge in [-0.15, -0.1) is 0 Å². The predicted octanol–water partition coefficient (Wildman–Crippen LogP) is 0.605. The van der Waals surface area contributed by atoms with Crippen LogP contribution >= 0.6 is 0 Å². The van der Waals surface area contributed by atoms with Crippen molar-refractivity contribution in [3.8, 4) is 0 Å². The lowest BCUT2D eigenvalue weighted by atomic mass is 10.1. The molecule has 0 rings (SSSR count). The molecule has 0 saturated heterocycles. The van der Waals surface area contributed by atoms with Gasteiger partial charge < -0.3 is 4.74 Å². The van der Waals surface area contributed by atoms with Gasteiger partial charge in [0, 0.05) is 20.2 Å². The van der Waals surface area contributed by atoms with Gasteiger partial charge in [0.05, 0.1) is 6.61 Å². The third-order valence-corrected chi connectivity index (χ3v) is 2.41. The molecule has 5 nitrogen and oxygen atoms in total. The first-order valence-electron chi connectivity index (χ1n) is 6.15. The lowest BCUT2D eigenvalue weighted by Crippen LogP contribution is -2.53. The Labute approximate surface area is 105 Å². The normalized spacial score (nSPS) is 13.5. The van der Waals surface area contributed by atoms with Crippen molar-refractivity contribution >= 4 is 5.91 Å². The molecule has 0 heterocycles. The summed E-state index contributed by atoms with van der Waals surface area (Å²) in [6.07, 6.45) is 0. The van der Waals surface area contributed by atoms with Gasteiger partial charge in [-0.25, -0.2) is 5.84 Å². The van der Waals surface area contributed by atoms with Gasteiger partial charge in [0.2, 0.25) is 0 Å². The van der Waals surface area contributed by atoms with Crippen LogP contribution in [0.5, 0.6) is 0 Å². The lowest BCUT2D eigenvalue weighted by Gasteiger charge is -2.32. The van der Waals surface area contributed by atoms with Gasteiger partial charge >= 0.3 is 0 Å². The third kappa shape index (κ3) is 6.61. The Morgan fingerprint density at radius 1 is 1.24 bits per heavy atom. The summed E-state index contributed by atoms with van der Waals surface area (Å²) >= 11 is 0. The van der Waals surface area contributed by atoms with E-state index in [4.69, 9.17) is 10.6 Å². The van der Waals surface area contributed by atoms with E-state index in [0.717, 1.165) is 13.1 Å². The number of methoxy groups -OCH3 is 1. The van der Waals surface area contributed by atoms with Gasteiger partial charge in [-0.05, 0) is 11.8 Å². The fourth-order valence-corrected chi connectivity index (χ4v) is 1.87. The molecule has 0 fully saturated rings. The zero-order chi connectivity index (χ0) is 13.4. The van der Waals surface area contributed by atoms with Gasteiger partial charge in [0.25, 0.3) is 5.91 Å². The van der Waals surface area contributed by atoms with Crippen molar-refractivity contribution in [3.63, 3.8) is 0 Å². The van der Waals surface area contributed by atoms with Gasteiger partial charge in [-0.3, -0.25) is 15.1 Å². The zero-order valence-electron chi connectivity index (χ0n) is 11.7. The SMILES string of the molecule is COCC(C(=O)NN)N(CC(C)C)CC(C)C. The van der Waals surface area contributed by atoms with Crippen LogP contribution < -0.4 is 11.3 Å². The van der Waals surface area contributed by atoms with Crippen LogP contribution in [0, 0.1) is 11.8 Å². The highest BCUT2D eigenvalue weighted by Crippen LogP contribution is 2.09. The highest BCUT2D eigenvalue weighted by atomic mass is 16.5. The molecule has 102 valence electrons. The number of nitrogens with zero attached hydrogens (tertiary/aromatic N) is 1. The molecule has 0 aliphatic rings. The Kier molecular flexibility index (Phi) is 8.12. The number of hydrogen-bond acceptors (Lipinski definition) is 4. The molecular weight excluding hydrogens is 218 g/mol. The summed E-state index contributed by atoms with van der Waals surface area (Å²) in [5.41, 5.74) is 2.22. The molecule has 0 saturated carbocycles. The second kappa shape index (κ2) is 8.44.